The van der Waals surface area contributed by atoms with E-state index in [2.05, 4.69) is 15.3 Å². The fourth-order valence-corrected chi connectivity index (χ4v) is 1.70. The van der Waals surface area contributed by atoms with E-state index >= 15 is 0 Å². The predicted octanol–water partition coefficient (Wildman–Crippen LogP) is 3.07. The van der Waals surface area contributed by atoms with Gasteiger partial charge in [0.1, 0.15) is 5.60 Å². The molecule has 1 heterocycles. The van der Waals surface area contributed by atoms with Gasteiger partial charge in [0, 0.05) is 18.0 Å². The molecule has 1 aromatic heterocycles. The van der Waals surface area contributed by atoms with Gasteiger partial charge in [-0.15, -0.1) is 0 Å². The monoisotopic (exact) mass is 286 g/mol. The molecule has 6 nitrogen and oxygen atoms in total. The van der Waals surface area contributed by atoms with Crippen LogP contribution < -0.4 is 11.1 Å². The van der Waals surface area contributed by atoms with E-state index in [-0.39, 0.29) is 0 Å². The molecular formula is C15H18N4O2. The molecular weight excluding hydrogens is 268 g/mol. The lowest BCUT2D eigenvalue weighted by molar-refractivity contribution is 0.0636. The van der Waals surface area contributed by atoms with E-state index in [9.17, 15) is 4.79 Å². The van der Waals surface area contributed by atoms with Crippen molar-refractivity contribution in [1.29, 1.82) is 0 Å². The fourth-order valence-electron chi connectivity index (χ4n) is 1.70. The molecule has 110 valence electrons. The van der Waals surface area contributed by atoms with Gasteiger partial charge in [-0.1, -0.05) is 6.07 Å². The van der Waals surface area contributed by atoms with Crippen LogP contribution in [0.3, 0.4) is 0 Å². The molecule has 0 aliphatic carbocycles. The molecule has 6 heteroatoms. The molecule has 2 rings (SSSR count). The van der Waals surface area contributed by atoms with Gasteiger partial charge < -0.3 is 10.5 Å². The number of amides is 1. The summed E-state index contributed by atoms with van der Waals surface area (Å²) in [5.74, 6) is 0. The van der Waals surface area contributed by atoms with Crippen molar-refractivity contribution in [2.45, 2.75) is 26.4 Å². The van der Waals surface area contributed by atoms with Gasteiger partial charge in [-0.05, 0) is 32.9 Å². The second kappa shape index (κ2) is 5.78. The maximum Gasteiger partial charge on any atom is 0.412 e. The Bertz CT molecular complexity index is 636. The first-order valence-corrected chi connectivity index (χ1v) is 6.51. The largest absolute Gasteiger partial charge is 0.444 e. The summed E-state index contributed by atoms with van der Waals surface area (Å²) in [7, 11) is 0. The quantitative estimate of drug-likeness (QED) is 0.828. The molecule has 1 amide bonds. The first kappa shape index (κ1) is 14.8. The summed E-state index contributed by atoms with van der Waals surface area (Å²) >= 11 is 0. The number of benzene rings is 1. The Labute approximate surface area is 123 Å². The molecule has 0 bridgehead atoms. The van der Waals surface area contributed by atoms with E-state index in [0.717, 1.165) is 5.56 Å². The van der Waals surface area contributed by atoms with Crippen molar-refractivity contribution in [3.63, 3.8) is 0 Å². The lowest BCUT2D eigenvalue weighted by Crippen LogP contribution is -2.27. The Kier molecular flexibility index (Phi) is 4.07. The van der Waals surface area contributed by atoms with Crippen LogP contribution in [0, 0.1) is 0 Å². The highest BCUT2D eigenvalue weighted by Gasteiger charge is 2.17. The average Bonchev–Trinajstić information content (AvgIpc) is 2.40. The maximum atomic E-state index is 11.7. The third kappa shape index (κ3) is 4.17. The van der Waals surface area contributed by atoms with Crippen molar-refractivity contribution in [2.75, 3.05) is 11.1 Å². The summed E-state index contributed by atoms with van der Waals surface area (Å²) in [5, 5.41) is 2.62. The Morgan fingerprint density at radius 2 is 2.05 bits per heavy atom. The highest BCUT2D eigenvalue weighted by Crippen LogP contribution is 2.25. The first-order valence-electron chi connectivity index (χ1n) is 6.51. The molecule has 0 spiro atoms. The zero-order valence-corrected chi connectivity index (χ0v) is 12.3. The summed E-state index contributed by atoms with van der Waals surface area (Å²) in [4.78, 5) is 19.9. The molecule has 0 aliphatic rings. The number of hydrogen-bond acceptors (Lipinski definition) is 5. The highest BCUT2D eigenvalue weighted by atomic mass is 16.6. The maximum absolute atomic E-state index is 11.7. The van der Waals surface area contributed by atoms with Gasteiger partial charge in [-0.25, -0.2) is 4.79 Å². The predicted molar refractivity (Wildman–Crippen MR) is 81.7 cm³/mol. The number of hydrogen-bond donors (Lipinski definition) is 2. The molecule has 0 saturated carbocycles. The Morgan fingerprint density at radius 3 is 2.62 bits per heavy atom. The van der Waals surface area contributed by atoms with Crippen molar-refractivity contribution in [1.82, 2.24) is 9.97 Å². The number of nitrogens with two attached hydrogens (primary N) is 1. The number of rotatable bonds is 2. The zero-order valence-electron chi connectivity index (χ0n) is 12.3. The number of aromatic nitrogens is 2. The third-order valence-corrected chi connectivity index (χ3v) is 2.55. The number of anilines is 2. The molecule has 0 saturated heterocycles. The molecule has 0 fully saturated rings. The molecule has 0 radical (unpaired) electrons. The molecule has 21 heavy (non-hydrogen) atoms. The van der Waals surface area contributed by atoms with E-state index < -0.39 is 11.7 Å². The van der Waals surface area contributed by atoms with Gasteiger partial charge in [0.05, 0.1) is 23.3 Å². The number of nitrogens with zero attached hydrogens (tertiary/aromatic N) is 2. The minimum Gasteiger partial charge on any atom is -0.444 e. The molecule has 2 aromatic rings. The fraction of sp³-hybridized carbons (Fsp3) is 0.267. The minimum atomic E-state index is -0.557. The van der Waals surface area contributed by atoms with E-state index in [1.807, 2.05) is 6.07 Å². The van der Waals surface area contributed by atoms with Gasteiger partial charge in [0.25, 0.3) is 0 Å². The lowest BCUT2D eigenvalue weighted by Gasteiger charge is -2.20. The van der Waals surface area contributed by atoms with E-state index in [1.165, 1.54) is 0 Å². The van der Waals surface area contributed by atoms with Crippen LogP contribution in [0.5, 0.6) is 0 Å². The van der Waals surface area contributed by atoms with Crippen molar-refractivity contribution in [2.24, 2.45) is 0 Å². The van der Waals surface area contributed by atoms with Gasteiger partial charge >= 0.3 is 6.09 Å². The van der Waals surface area contributed by atoms with Gasteiger partial charge in [-0.3, -0.25) is 15.3 Å². The normalized spacial score (nSPS) is 11.0. The van der Waals surface area contributed by atoms with Crippen molar-refractivity contribution >= 4 is 17.5 Å². The number of ether oxygens (including phenoxy) is 1. The minimum absolute atomic E-state index is 0.434. The molecule has 0 atom stereocenters. The first-order chi connectivity index (χ1) is 9.85. The van der Waals surface area contributed by atoms with Crippen molar-refractivity contribution < 1.29 is 9.53 Å². The van der Waals surface area contributed by atoms with Crippen LogP contribution in [0.15, 0.2) is 36.8 Å². The molecule has 0 unspecified atom stereocenters. The number of carbonyl (C=O) groups is 1. The van der Waals surface area contributed by atoms with Crippen LogP contribution in [0.25, 0.3) is 11.3 Å². The van der Waals surface area contributed by atoms with Crippen molar-refractivity contribution in [3.8, 4) is 11.3 Å². The van der Waals surface area contributed by atoms with Crippen molar-refractivity contribution in [3.05, 3.63) is 36.8 Å². The molecule has 1 aromatic carbocycles. The topological polar surface area (TPSA) is 90.1 Å². The smallest absolute Gasteiger partial charge is 0.412 e. The summed E-state index contributed by atoms with van der Waals surface area (Å²) in [6.45, 7) is 5.40. The summed E-state index contributed by atoms with van der Waals surface area (Å²) < 4.78 is 5.18. The summed E-state index contributed by atoms with van der Waals surface area (Å²) in [5.41, 5.74) is 7.87. The third-order valence-electron chi connectivity index (χ3n) is 2.55. The summed E-state index contributed by atoms with van der Waals surface area (Å²) in [6.07, 6.45) is 4.32. The highest BCUT2D eigenvalue weighted by molar-refractivity contribution is 5.90. The van der Waals surface area contributed by atoms with Gasteiger partial charge in [-0.2, -0.15) is 0 Å². The Hall–Kier alpha value is -2.63. The van der Waals surface area contributed by atoms with Gasteiger partial charge in [0.2, 0.25) is 0 Å². The summed E-state index contributed by atoms with van der Waals surface area (Å²) in [6, 6.07) is 5.26. The molecule has 3 N–H and O–H groups in total. The second-order valence-electron chi connectivity index (χ2n) is 5.52. The standard InChI is InChI=1S/C15H18N4O2/c1-15(2,3)21-14(20)19-12-5-4-10(8-11(12)16)13-9-17-6-7-18-13/h4-9H,16H2,1-3H3,(H,19,20). The van der Waals surface area contributed by atoms with Crippen LogP contribution in [-0.2, 0) is 4.74 Å². The van der Waals surface area contributed by atoms with Crippen LogP contribution >= 0.6 is 0 Å². The second-order valence-corrected chi connectivity index (χ2v) is 5.52. The average molecular weight is 286 g/mol. The Morgan fingerprint density at radius 1 is 1.29 bits per heavy atom. The van der Waals surface area contributed by atoms with Crippen LogP contribution in [0.4, 0.5) is 16.2 Å². The zero-order chi connectivity index (χ0) is 15.5. The van der Waals surface area contributed by atoms with Crippen LogP contribution in [-0.4, -0.2) is 21.7 Å². The molecule has 0 aliphatic heterocycles. The lowest BCUT2D eigenvalue weighted by atomic mass is 10.1. The van der Waals surface area contributed by atoms with E-state index in [0.29, 0.717) is 17.1 Å². The number of nitrogen functional groups attached to an aromatic ring is 1. The number of nitrogens with one attached hydrogen (secondary N) is 1. The number of carbonyl (C=O) groups excluding carboxylic acids is 1. The Balaban J connectivity index is 2.15. The SMILES string of the molecule is CC(C)(C)OC(=O)Nc1ccc(-c2cnccn2)cc1N. The van der Waals surface area contributed by atoms with Crippen LogP contribution in [0.1, 0.15) is 20.8 Å². The van der Waals surface area contributed by atoms with Crippen LogP contribution in [0.2, 0.25) is 0 Å². The van der Waals surface area contributed by atoms with E-state index in [4.69, 9.17) is 10.5 Å². The van der Waals surface area contributed by atoms with E-state index in [1.54, 1.807) is 51.5 Å². The van der Waals surface area contributed by atoms with Gasteiger partial charge in [0.15, 0.2) is 0 Å².